The smallest absolute Gasteiger partial charge is 0.274 e. The highest BCUT2D eigenvalue weighted by Gasteiger charge is 2.06. The first-order chi connectivity index (χ1) is 9.76. The molecule has 0 saturated heterocycles. The van der Waals surface area contributed by atoms with Gasteiger partial charge in [-0.1, -0.05) is 32.0 Å². The normalized spacial score (nSPS) is 12.7. The van der Waals surface area contributed by atoms with Crippen LogP contribution in [0.2, 0.25) is 0 Å². The Bertz CT molecular complexity index is 606. The first-order valence-corrected chi connectivity index (χ1v) is 7.44. The largest absolute Gasteiger partial charge is 0.314 e. The van der Waals surface area contributed by atoms with Crippen LogP contribution in [0.15, 0.2) is 35.3 Å². The molecule has 1 unspecified atom stereocenters. The first-order valence-electron chi connectivity index (χ1n) is 7.44. The SMILES string of the molecule is CCNC(CC)CCCn1ncc2ccccc2c1=O. The van der Waals surface area contributed by atoms with Crippen molar-refractivity contribution in [3.8, 4) is 0 Å². The Morgan fingerprint density at radius 3 is 2.85 bits per heavy atom. The van der Waals surface area contributed by atoms with Crippen molar-refractivity contribution < 1.29 is 0 Å². The lowest BCUT2D eigenvalue weighted by Crippen LogP contribution is -2.29. The molecule has 0 saturated carbocycles. The van der Waals surface area contributed by atoms with E-state index >= 15 is 0 Å². The standard InChI is InChI=1S/C16H23N3O/c1-3-14(17-4-2)9-7-11-19-16(20)15-10-6-5-8-13(15)12-18-19/h5-6,8,10,12,14,17H,3-4,7,9,11H2,1-2H3. The zero-order valence-electron chi connectivity index (χ0n) is 12.3. The van der Waals surface area contributed by atoms with Gasteiger partial charge in [0.15, 0.2) is 0 Å². The van der Waals surface area contributed by atoms with Crippen molar-refractivity contribution in [1.29, 1.82) is 0 Å². The summed E-state index contributed by atoms with van der Waals surface area (Å²) in [6.45, 7) is 5.99. The molecule has 0 aliphatic rings. The lowest BCUT2D eigenvalue weighted by molar-refractivity contribution is 0.434. The average molecular weight is 273 g/mol. The molecule has 2 rings (SSSR count). The second-order valence-electron chi connectivity index (χ2n) is 5.07. The lowest BCUT2D eigenvalue weighted by atomic mass is 10.1. The summed E-state index contributed by atoms with van der Waals surface area (Å²) in [5.41, 5.74) is 0.0135. The first kappa shape index (κ1) is 14.7. The number of hydrogen-bond acceptors (Lipinski definition) is 3. The van der Waals surface area contributed by atoms with E-state index in [1.165, 1.54) is 0 Å². The third kappa shape index (κ3) is 3.45. The number of nitrogens with zero attached hydrogens (tertiary/aromatic N) is 2. The summed E-state index contributed by atoms with van der Waals surface area (Å²) in [4.78, 5) is 12.3. The Labute approximate surface area is 119 Å². The molecule has 4 nitrogen and oxygen atoms in total. The van der Waals surface area contributed by atoms with Gasteiger partial charge in [-0.05, 0) is 31.9 Å². The molecule has 0 radical (unpaired) electrons. The van der Waals surface area contributed by atoms with E-state index in [0.29, 0.717) is 12.6 Å². The summed E-state index contributed by atoms with van der Waals surface area (Å²) in [5, 5.41) is 9.38. The molecule has 0 spiro atoms. The van der Waals surface area contributed by atoms with Gasteiger partial charge in [-0.2, -0.15) is 5.10 Å². The van der Waals surface area contributed by atoms with Crippen molar-refractivity contribution in [2.24, 2.45) is 0 Å². The molecule has 2 aromatic rings. The summed E-state index contributed by atoms with van der Waals surface area (Å²) >= 11 is 0. The van der Waals surface area contributed by atoms with Crippen LogP contribution in [0.4, 0.5) is 0 Å². The number of benzene rings is 1. The van der Waals surface area contributed by atoms with Gasteiger partial charge in [0.05, 0.1) is 11.6 Å². The molecule has 0 bridgehead atoms. The van der Waals surface area contributed by atoms with Gasteiger partial charge >= 0.3 is 0 Å². The van der Waals surface area contributed by atoms with Gasteiger partial charge in [0, 0.05) is 18.0 Å². The third-order valence-corrected chi connectivity index (χ3v) is 3.67. The molecule has 20 heavy (non-hydrogen) atoms. The maximum Gasteiger partial charge on any atom is 0.274 e. The molecule has 0 aliphatic heterocycles. The van der Waals surface area contributed by atoms with Crippen LogP contribution in [0.25, 0.3) is 10.8 Å². The van der Waals surface area contributed by atoms with Crippen LogP contribution in [0, 0.1) is 0 Å². The Kier molecular flexibility index (Phi) is 5.30. The molecule has 0 fully saturated rings. The molecular weight excluding hydrogens is 250 g/mol. The molecule has 0 amide bonds. The lowest BCUT2D eigenvalue weighted by Gasteiger charge is -2.15. The molecule has 0 aliphatic carbocycles. The van der Waals surface area contributed by atoms with Crippen LogP contribution < -0.4 is 10.9 Å². The van der Waals surface area contributed by atoms with Gasteiger partial charge in [0.1, 0.15) is 0 Å². The topological polar surface area (TPSA) is 46.9 Å². The summed E-state index contributed by atoms with van der Waals surface area (Å²) in [7, 11) is 0. The monoisotopic (exact) mass is 273 g/mol. The zero-order valence-corrected chi connectivity index (χ0v) is 12.3. The number of hydrogen-bond donors (Lipinski definition) is 1. The van der Waals surface area contributed by atoms with Crippen LogP contribution in [-0.4, -0.2) is 22.4 Å². The second kappa shape index (κ2) is 7.20. The second-order valence-corrected chi connectivity index (χ2v) is 5.07. The van der Waals surface area contributed by atoms with E-state index in [-0.39, 0.29) is 5.56 Å². The molecule has 108 valence electrons. The van der Waals surface area contributed by atoms with E-state index in [0.717, 1.165) is 36.6 Å². The summed E-state index contributed by atoms with van der Waals surface area (Å²) in [5.74, 6) is 0. The molecular formula is C16H23N3O. The highest BCUT2D eigenvalue weighted by molar-refractivity contribution is 5.80. The fourth-order valence-electron chi connectivity index (χ4n) is 2.51. The molecule has 1 N–H and O–H groups in total. The summed E-state index contributed by atoms with van der Waals surface area (Å²) in [6.07, 6.45) is 4.94. The fraction of sp³-hybridized carbons (Fsp3) is 0.500. The van der Waals surface area contributed by atoms with E-state index < -0.39 is 0 Å². The summed E-state index contributed by atoms with van der Waals surface area (Å²) < 4.78 is 1.58. The van der Waals surface area contributed by atoms with Crippen LogP contribution in [-0.2, 0) is 6.54 Å². The quantitative estimate of drug-likeness (QED) is 0.843. The minimum absolute atomic E-state index is 0.0135. The minimum Gasteiger partial charge on any atom is -0.314 e. The van der Waals surface area contributed by atoms with Crippen LogP contribution in [0.1, 0.15) is 33.1 Å². The molecule has 1 atom stereocenters. The van der Waals surface area contributed by atoms with Crippen molar-refractivity contribution in [2.45, 2.75) is 45.7 Å². The Hall–Kier alpha value is -1.68. The Balaban J connectivity index is 2.03. The van der Waals surface area contributed by atoms with E-state index in [1.807, 2.05) is 24.3 Å². The predicted octanol–water partition coefficient (Wildman–Crippen LogP) is 2.56. The molecule has 4 heteroatoms. The number of aryl methyl sites for hydroxylation is 1. The summed E-state index contributed by atoms with van der Waals surface area (Å²) in [6, 6.07) is 8.15. The number of nitrogens with one attached hydrogen (secondary N) is 1. The van der Waals surface area contributed by atoms with Crippen molar-refractivity contribution in [2.75, 3.05) is 6.54 Å². The van der Waals surface area contributed by atoms with Gasteiger partial charge in [-0.15, -0.1) is 0 Å². The Morgan fingerprint density at radius 2 is 2.10 bits per heavy atom. The molecule has 1 heterocycles. The maximum absolute atomic E-state index is 12.3. The van der Waals surface area contributed by atoms with Gasteiger partial charge < -0.3 is 5.32 Å². The van der Waals surface area contributed by atoms with E-state index in [2.05, 4.69) is 24.3 Å². The number of rotatable bonds is 7. The maximum atomic E-state index is 12.3. The van der Waals surface area contributed by atoms with Crippen molar-refractivity contribution in [3.05, 3.63) is 40.8 Å². The van der Waals surface area contributed by atoms with E-state index in [4.69, 9.17) is 0 Å². The van der Waals surface area contributed by atoms with E-state index in [9.17, 15) is 4.79 Å². The highest BCUT2D eigenvalue weighted by atomic mass is 16.1. The molecule has 1 aromatic carbocycles. The fourth-order valence-corrected chi connectivity index (χ4v) is 2.51. The van der Waals surface area contributed by atoms with E-state index in [1.54, 1.807) is 10.9 Å². The average Bonchev–Trinajstić information content (AvgIpc) is 2.49. The minimum atomic E-state index is 0.0135. The van der Waals surface area contributed by atoms with Gasteiger partial charge in [0.25, 0.3) is 5.56 Å². The zero-order chi connectivity index (χ0) is 14.4. The predicted molar refractivity (Wildman–Crippen MR) is 83.0 cm³/mol. The van der Waals surface area contributed by atoms with Gasteiger partial charge in [0.2, 0.25) is 0 Å². The van der Waals surface area contributed by atoms with Crippen LogP contribution in [0.3, 0.4) is 0 Å². The van der Waals surface area contributed by atoms with Crippen molar-refractivity contribution >= 4 is 10.8 Å². The van der Waals surface area contributed by atoms with Crippen molar-refractivity contribution in [3.63, 3.8) is 0 Å². The number of aromatic nitrogens is 2. The van der Waals surface area contributed by atoms with Gasteiger partial charge in [-0.3, -0.25) is 4.79 Å². The number of fused-ring (bicyclic) bond motifs is 1. The molecule has 1 aromatic heterocycles. The van der Waals surface area contributed by atoms with Crippen LogP contribution in [0.5, 0.6) is 0 Å². The van der Waals surface area contributed by atoms with Gasteiger partial charge in [-0.25, -0.2) is 4.68 Å². The van der Waals surface area contributed by atoms with Crippen molar-refractivity contribution in [1.82, 2.24) is 15.1 Å². The third-order valence-electron chi connectivity index (χ3n) is 3.67. The highest BCUT2D eigenvalue weighted by Crippen LogP contribution is 2.07. The Morgan fingerprint density at radius 1 is 1.30 bits per heavy atom. The van der Waals surface area contributed by atoms with Crippen LogP contribution >= 0.6 is 0 Å².